The van der Waals surface area contributed by atoms with Gasteiger partial charge in [0.1, 0.15) is 6.79 Å². The molecule has 0 radical (unpaired) electrons. The summed E-state index contributed by atoms with van der Waals surface area (Å²) in [6.07, 6.45) is 12.8. The van der Waals surface area contributed by atoms with Crippen LogP contribution in [0.25, 0.3) is 0 Å². The van der Waals surface area contributed by atoms with E-state index in [4.69, 9.17) is 9.84 Å². The Morgan fingerprint density at radius 2 is 1.31 bits per heavy atom. The van der Waals surface area contributed by atoms with Crippen molar-refractivity contribution in [1.82, 2.24) is 0 Å². The van der Waals surface area contributed by atoms with Crippen LogP contribution in [-0.4, -0.2) is 18.0 Å². The summed E-state index contributed by atoms with van der Waals surface area (Å²) in [7, 11) is 0. The molecule has 1 N–H and O–H groups in total. The molecule has 0 aliphatic carbocycles. The number of unbranched alkanes of at least 4 members (excludes halogenated alkanes) is 6. The minimum absolute atomic E-state index is 0.119. The standard InChI is InChI=1S/C14H30O2/c1-3-5-7-9-11-14(16-13-15)12-10-8-6-4-2/h14-15H,3-13H2,1-2H3. The third-order valence-corrected chi connectivity index (χ3v) is 3.07. The first-order chi connectivity index (χ1) is 7.85. The molecule has 0 unspecified atom stereocenters. The number of hydrogen-bond acceptors (Lipinski definition) is 2. The van der Waals surface area contributed by atoms with Gasteiger partial charge in [0.05, 0.1) is 6.10 Å². The van der Waals surface area contributed by atoms with E-state index in [0.717, 1.165) is 12.8 Å². The predicted molar refractivity (Wildman–Crippen MR) is 69.5 cm³/mol. The molecular weight excluding hydrogens is 200 g/mol. The van der Waals surface area contributed by atoms with Crippen molar-refractivity contribution in [3.63, 3.8) is 0 Å². The minimum Gasteiger partial charge on any atom is -0.371 e. The minimum atomic E-state index is -0.119. The molecule has 0 saturated carbocycles. The molecule has 0 spiro atoms. The van der Waals surface area contributed by atoms with Gasteiger partial charge in [-0.2, -0.15) is 0 Å². The summed E-state index contributed by atoms with van der Waals surface area (Å²) in [5.74, 6) is 0. The van der Waals surface area contributed by atoms with Crippen molar-refractivity contribution in [1.29, 1.82) is 0 Å². The normalized spacial score (nSPS) is 11.2. The summed E-state index contributed by atoms with van der Waals surface area (Å²) in [5.41, 5.74) is 0. The molecule has 2 heteroatoms. The van der Waals surface area contributed by atoms with Crippen LogP contribution in [0.4, 0.5) is 0 Å². The van der Waals surface area contributed by atoms with E-state index in [-0.39, 0.29) is 6.79 Å². The lowest BCUT2D eigenvalue weighted by atomic mass is 10.0. The van der Waals surface area contributed by atoms with Crippen molar-refractivity contribution in [3.8, 4) is 0 Å². The number of aliphatic hydroxyl groups is 1. The van der Waals surface area contributed by atoms with Crippen molar-refractivity contribution < 1.29 is 9.84 Å². The Kier molecular flexibility index (Phi) is 12.9. The third-order valence-electron chi connectivity index (χ3n) is 3.07. The molecule has 2 nitrogen and oxygen atoms in total. The molecule has 0 bridgehead atoms. The lowest BCUT2D eigenvalue weighted by molar-refractivity contribution is -0.0572. The molecule has 0 heterocycles. The molecular formula is C14H30O2. The zero-order valence-corrected chi connectivity index (χ0v) is 11.2. The molecule has 16 heavy (non-hydrogen) atoms. The van der Waals surface area contributed by atoms with Gasteiger partial charge < -0.3 is 9.84 Å². The fourth-order valence-corrected chi connectivity index (χ4v) is 2.01. The maximum atomic E-state index is 8.82. The molecule has 0 fully saturated rings. The van der Waals surface area contributed by atoms with E-state index in [1.54, 1.807) is 0 Å². The van der Waals surface area contributed by atoms with Crippen molar-refractivity contribution in [2.24, 2.45) is 0 Å². The second-order valence-corrected chi connectivity index (χ2v) is 4.62. The molecule has 0 atom stereocenters. The van der Waals surface area contributed by atoms with Gasteiger partial charge in [-0.05, 0) is 12.8 Å². The van der Waals surface area contributed by atoms with Crippen LogP contribution in [0.15, 0.2) is 0 Å². The van der Waals surface area contributed by atoms with Gasteiger partial charge in [0.15, 0.2) is 0 Å². The fraction of sp³-hybridized carbons (Fsp3) is 1.00. The van der Waals surface area contributed by atoms with E-state index >= 15 is 0 Å². The largest absolute Gasteiger partial charge is 0.371 e. The second-order valence-electron chi connectivity index (χ2n) is 4.62. The average molecular weight is 230 g/mol. The van der Waals surface area contributed by atoms with Crippen molar-refractivity contribution >= 4 is 0 Å². The van der Waals surface area contributed by atoms with Gasteiger partial charge in [-0.1, -0.05) is 65.2 Å². The topological polar surface area (TPSA) is 29.5 Å². The van der Waals surface area contributed by atoms with E-state index in [1.165, 1.54) is 51.4 Å². The van der Waals surface area contributed by atoms with Gasteiger partial charge in [-0.25, -0.2) is 0 Å². The van der Waals surface area contributed by atoms with Gasteiger partial charge in [-0.15, -0.1) is 0 Å². The molecule has 98 valence electrons. The summed E-state index contributed by atoms with van der Waals surface area (Å²) in [5, 5.41) is 8.82. The van der Waals surface area contributed by atoms with Gasteiger partial charge in [-0.3, -0.25) is 0 Å². The van der Waals surface area contributed by atoms with Gasteiger partial charge in [0.2, 0.25) is 0 Å². The van der Waals surface area contributed by atoms with Gasteiger partial charge in [0, 0.05) is 0 Å². The van der Waals surface area contributed by atoms with Gasteiger partial charge in [0.25, 0.3) is 0 Å². The maximum Gasteiger partial charge on any atom is 0.143 e. The zero-order chi connectivity index (χ0) is 12.1. The number of rotatable bonds is 12. The Bertz CT molecular complexity index is 114. The van der Waals surface area contributed by atoms with Crippen LogP contribution in [0.2, 0.25) is 0 Å². The van der Waals surface area contributed by atoms with Crippen molar-refractivity contribution in [3.05, 3.63) is 0 Å². The molecule has 0 aromatic heterocycles. The molecule has 0 aliphatic heterocycles. The highest BCUT2D eigenvalue weighted by Crippen LogP contribution is 2.15. The number of ether oxygens (including phenoxy) is 1. The molecule has 0 rings (SSSR count). The van der Waals surface area contributed by atoms with E-state index < -0.39 is 0 Å². The second kappa shape index (κ2) is 13.0. The quantitative estimate of drug-likeness (QED) is 0.401. The predicted octanol–water partition coefficient (Wildman–Crippen LogP) is 4.26. The van der Waals surface area contributed by atoms with Crippen LogP contribution >= 0.6 is 0 Å². The number of hydrogen-bond donors (Lipinski definition) is 1. The highest BCUT2D eigenvalue weighted by molar-refractivity contribution is 4.59. The first-order valence-electron chi connectivity index (χ1n) is 7.07. The van der Waals surface area contributed by atoms with Crippen LogP contribution in [0.3, 0.4) is 0 Å². The first kappa shape index (κ1) is 15.9. The van der Waals surface area contributed by atoms with E-state index in [0.29, 0.717) is 6.10 Å². The SMILES string of the molecule is CCCCCCC(CCCCCC)OCO. The Morgan fingerprint density at radius 3 is 1.69 bits per heavy atom. The average Bonchev–Trinajstić information content (AvgIpc) is 2.30. The van der Waals surface area contributed by atoms with Crippen LogP contribution in [-0.2, 0) is 4.74 Å². The van der Waals surface area contributed by atoms with E-state index in [1.807, 2.05) is 0 Å². The van der Waals surface area contributed by atoms with Crippen LogP contribution in [0.1, 0.15) is 78.1 Å². The Morgan fingerprint density at radius 1 is 0.812 bits per heavy atom. The Labute approximate surface area is 101 Å². The zero-order valence-electron chi connectivity index (χ0n) is 11.2. The maximum absolute atomic E-state index is 8.82. The van der Waals surface area contributed by atoms with Gasteiger partial charge >= 0.3 is 0 Å². The first-order valence-corrected chi connectivity index (χ1v) is 7.07. The van der Waals surface area contributed by atoms with Crippen LogP contribution in [0, 0.1) is 0 Å². The smallest absolute Gasteiger partial charge is 0.143 e. The molecule has 0 aliphatic rings. The van der Waals surface area contributed by atoms with Crippen molar-refractivity contribution in [2.75, 3.05) is 6.79 Å². The fourth-order valence-electron chi connectivity index (χ4n) is 2.01. The number of aliphatic hydroxyl groups excluding tert-OH is 1. The monoisotopic (exact) mass is 230 g/mol. The molecule has 0 saturated heterocycles. The Hall–Kier alpha value is -0.0800. The summed E-state index contributed by atoms with van der Waals surface area (Å²) >= 11 is 0. The highest BCUT2D eigenvalue weighted by atomic mass is 16.6. The van der Waals surface area contributed by atoms with E-state index in [9.17, 15) is 0 Å². The summed E-state index contributed by atoms with van der Waals surface area (Å²) < 4.78 is 5.36. The molecule has 0 amide bonds. The summed E-state index contributed by atoms with van der Waals surface area (Å²) in [6, 6.07) is 0. The third kappa shape index (κ3) is 10.4. The van der Waals surface area contributed by atoms with E-state index in [2.05, 4.69) is 13.8 Å². The van der Waals surface area contributed by atoms with Crippen LogP contribution < -0.4 is 0 Å². The lowest BCUT2D eigenvalue weighted by Gasteiger charge is -2.16. The molecule has 0 aromatic rings. The molecule has 0 aromatic carbocycles. The summed E-state index contributed by atoms with van der Waals surface area (Å²) in [6.45, 7) is 4.34. The lowest BCUT2D eigenvalue weighted by Crippen LogP contribution is -2.13. The highest BCUT2D eigenvalue weighted by Gasteiger charge is 2.07. The van der Waals surface area contributed by atoms with Crippen LogP contribution in [0.5, 0.6) is 0 Å². The summed E-state index contributed by atoms with van der Waals surface area (Å²) in [4.78, 5) is 0. The Balaban J connectivity index is 3.45. The van der Waals surface area contributed by atoms with Crippen molar-refractivity contribution in [2.45, 2.75) is 84.2 Å².